The van der Waals surface area contributed by atoms with Gasteiger partial charge in [0.05, 0.1) is 6.61 Å². The summed E-state index contributed by atoms with van der Waals surface area (Å²) in [6.07, 6.45) is 0.986. The van der Waals surface area contributed by atoms with E-state index in [-0.39, 0.29) is 0 Å². The Hall–Kier alpha value is -0.0800. The van der Waals surface area contributed by atoms with Crippen molar-refractivity contribution in [2.75, 3.05) is 6.61 Å². The van der Waals surface area contributed by atoms with Crippen molar-refractivity contribution in [3.8, 4) is 0 Å². The van der Waals surface area contributed by atoms with Crippen LogP contribution >= 0.6 is 0 Å². The lowest BCUT2D eigenvalue weighted by Crippen LogP contribution is -1.98. The first-order valence-corrected chi connectivity index (χ1v) is 2.43. The van der Waals surface area contributed by atoms with E-state index in [4.69, 9.17) is 0 Å². The Balaban J connectivity index is 2.33. The fraction of sp³-hybridized carbons (Fsp3) is 0.800. The predicted molar refractivity (Wildman–Crippen MR) is 25.1 cm³/mol. The Kier molecular flexibility index (Phi) is 1.30. The van der Waals surface area contributed by atoms with Gasteiger partial charge in [-0.2, -0.15) is 0 Å². The van der Waals surface area contributed by atoms with Crippen molar-refractivity contribution in [3.63, 3.8) is 0 Å². The summed E-state index contributed by atoms with van der Waals surface area (Å²) >= 11 is 0. The molecular formula is C5H9O2. The van der Waals surface area contributed by atoms with Crippen molar-refractivity contribution >= 4 is 0 Å². The van der Waals surface area contributed by atoms with Crippen LogP contribution in [0.2, 0.25) is 0 Å². The molecule has 41 valence electrons. The van der Waals surface area contributed by atoms with Gasteiger partial charge in [0.15, 0.2) is 0 Å². The second-order valence-corrected chi connectivity index (χ2v) is 1.88. The van der Waals surface area contributed by atoms with Crippen molar-refractivity contribution in [1.29, 1.82) is 0 Å². The highest BCUT2D eigenvalue weighted by Gasteiger charge is 2.21. The molecule has 2 nitrogen and oxygen atoms in total. The molecule has 0 bridgehead atoms. The van der Waals surface area contributed by atoms with Crippen LogP contribution in [-0.4, -0.2) is 6.61 Å². The Morgan fingerprint density at radius 3 is 2.57 bits per heavy atom. The number of hydrogen-bond acceptors (Lipinski definition) is 2. The summed E-state index contributed by atoms with van der Waals surface area (Å²) in [5.41, 5.74) is 0. The third kappa shape index (κ3) is 0.924. The van der Waals surface area contributed by atoms with Crippen LogP contribution in [-0.2, 0) is 9.78 Å². The van der Waals surface area contributed by atoms with E-state index in [0.717, 1.165) is 6.10 Å². The molecule has 0 spiro atoms. The lowest BCUT2D eigenvalue weighted by atomic mass is 10.1. The standard InChI is InChI=1S/C5H9O2/c1-4-3-6-7-5(4)2/h4H,3H2,1-2H3. The average Bonchev–Trinajstić information content (AvgIpc) is 1.91. The molecule has 1 unspecified atom stereocenters. The second-order valence-electron chi connectivity index (χ2n) is 1.88. The van der Waals surface area contributed by atoms with Crippen molar-refractivity contribution in [3.05, 3.63) is 6.10 Å². The van der Waals surface area contributed by atoms with E-state index in [1.54, 1.807) is 0 Å². The SMILES string of the molecule is C[C]1OOCC1C. The molecule has 2 heteroatoms. The van der Waals surface area contributed by atoms with Crippen LogP contribution in [0.3, 0.4) is 0 Å². The Bertz CT molecular complexity index is 55.1. The van der Waals surface area contributed by atoms with Gasteiger partial charge in [0.25, 0.3) is 0 Å². The van der Waals surface area contributed by atoms with Crippen molar-refractivity contribution in [1.82, 2.24) is 0 Å². The van der Waals surface area contributed by atoms with Crippen molar-refractivity contribution in [2.45, 2.75) is 13.8 Å². The molecule has 1 saturated heterocycles. The van der Waals surface area contributed by atoms with E-state index in [1.807, 2.05) is 6.92 Å². The first-order chi connectivity index (χ1) is 3.30. The second kappa shape index (κ2) is 1.80. The van der Waals surface area contributed by atoms with Gasteiger partial charge in [-0.15, -0.1) is 0 Å². The van der Waals surface area contributed by atoms with Gasteiger partial charge in [0, 0.05) is 5.92 Å². The molecule has 0 aromatic rings. The molecule has 0 amide bonds. The fourth-order valence-corrected chi connectivity index (χ4v) is 0.429. The number of rotatable bonds is 0. The van der Waals surface area contributed by atoms with Gasteiger partial charge in [0.1, 0.15) is 6.10 Å². The highest BCUT2D eigenvalue weighted by atomic mass is 17.2. The molecular weight excluding hydrogens is 92.1 g/mol. The van der Waals surface area contributed by atoms with E-state index >= 15 is 0 Å². The van der Waals surface area contributed by atoms with E-state index in [0.29, 0.717) is 12.5 Å². The summed E-state index contributed by atoms with van der Waals surface area (Å²) in [6, 6.07) is 0. The lowest BCUT2D eigenvalue weighted by molar-refractivity contribution is -0.242. The predicted octanol–water partition coefficient (Wildman–Crippen LogP) is 1.14. The average molecular weight is 101 g/mol. The van der Waals surface area contributed by atoms with Crippen molar-refractivity contribution < 1.29 is 9.78 Å². The molecule has 1 atom stereocenters. The number of hydrogen-bond donors (Lipinski definition) is 0. The van der Waals surface area contributed by atoms with E-state index < -0.39 is 0 Å². The van der Waals surface area contributed by atoms with Gasteiger partial charge in [-0.1, -0.05) is 6.92 Å². The molecule has 0 N–H and O–H groups in total. The van der Waals surface area contributed by atoms with E-state index in [1.165, 1.54) is 0 Å². The molecule has 7 heavy (non-hydrogen) atoms. The van der Waals surface area contributed by atoms with Gasteiger partial charge in [0.2, 0.25) is 0 Å². The maximum absolute atomic E-state index is 4.68. The fourth-order valence-electron chi connectivity index (χ4n) is 0.429. The third-order valence-corrected chi connectivity index (χ3v) is 1.20. The van der Waals surface area contributed by atoms with Gasteiger partial charge in [-0.3, -0.25) is 0 Å². The van der Waals surface area contributed by atoms with Gasteiger partial charge in [-0.05, 0) is 6.92 Å². The minimum Gasteiger partial charge on any atom is -0.236 e. The summed E-state index contributed by atoms with van der Waals surface area (Å²) in [5, 5.41) is 0. The molecule has 1 rings (SSSR count). The molecule has 0 aliphatic carbocycles. The Morgan fingerprint density at radius 2 is 2.43 bits per heavy atom. The van der Waals surface area contributed by atoms with Crippen molar-refractivity contribution in [2.24, 2.45) is 5.92 Å². The Morgan fingerprint density at radius 1 is 1.71 bits per heavy atom. The quantitative estimate of drug-likeness (QED) is 0.426. The lowest BCUT2D eigenvalue weighted by Gasteiger charge is -1.97. The molecule has 0 aromatic heterocycles. The summed E-state index contributed by atoms with van der Waals surface area (Å²) in [5.74, 6) is 0.486. The molecule has 1 heterocycles. The largest absolute Gasteiger partial charge is 0.236 e. The maximum Gasteiger partial charge on any atom is 0.138 e. The van der Waals surface area contributed by atoms with Crippen LogP contribution in [0.25, 0.3) is 0 Å². The zero-order chi connectivity index (χ0) is 5.28. The molecule has 1 aliphatic heterocycles. The molecule has 0 aromatic carbocycles. The minimum absolute atomic E-state index is 0.486. The minimum atomic E-state index is 0.486. The van der Waals surface area contributed by atoms with Crippen LogP contribution in [0.5, 0.6) is 0 Å². The molecule has 0 saturated carbocycles. The van der Waals surface area contributed by atoms with Crippen LogP contribution in [0.1, 0.15) is 13.8 Å². The highest BCUT2D eigenvalue weighted by Crippen LogP contribution is 2.21. The van der Waals surface area contributed by atoms with Gasteiger partial charge in [-0.25, -0.2) is 9.78 Å². The summed E-state index contributed by atoms with van der Waals surface area (Å²) in [4.78, 5) is 9.31. The van der Waals surface area contributed by atoms with Crippen LogP contribution < -0.4 is 0 Å². The smallest absolute Gasteiger partial charge is 0.138 e. The Labute approximate surface area is 43.3 Å². The normalized spacial score (nSPS) is 34.3. The van der Waals surface area contributed by atoms with Crippen LogP contribution in [0.4, 0.5) is 0 Å². The summed E-state index contributed by atoms with van der Waals surface area (Å²) < 4.78 is 0. The monoisotopic (exact) mass is 101 g/mol. The highest BCUT2D eigenvalue weighted by molar-refractivity contribution is 4.79. The van der Waals surface area contributed by atoms with Crippen LogP contribution in [0.15, 0.2) is 0 Å². The molecule has 1 fully saturated rings. The summed E-state index contributed by atoms with van der Waals surface area (Å²) in [7, 11) is 0. The zero-order valence-electron chi connectivity index (χ0n) is 4.60. The third-order valence-electron chi connectivity index (χ3n) is 1.20. The first-order valence-electron chi connectivity index (χ1n) is 2.43. The van der Waals surface area contributed by atoms with Gasteiger partial charge >= 0.3 is 0 Å². The van der Waals surface area contributed by atoms with E-state index in [2.05, 4.69) is 16.7 Å². The first kappa shape index (κ1) is 5.06. The van der Waals surface area contributed by atoms with Gasteiger partial charge < -0.3 is 0 Å². The molecule has 1 radical (unpaired) electrons. The molecule has 1 aliphatic rings. The maximum atomic E-state index is 4.68. The van der Waals surface area contributed by atoms with E-state index in [9.17, 15) is 0 Å². The zero-order valence-corrected chi connectivity index (χ0v) is 4.60. The topological polar surface area (TPSA) is 18.5 Å². The van der Waals surface area contributed by atoms with Crippen LogP contribution in [0, 0.1) is 12.0 Å². The summed E-state index contributed by atoms with van der Waals surface area (Å²) in [6.45, 7) is 4.71.